The van der Waals surface area contributed by atoms with Crippen LogP contribution in [0.5, 0.6) is 0 Å². The Morgan fingerprint density at radius 3 is 1.62 bits per heavy atom. The van der Waals surface area contributed by atoms with Crippen molar-refractivity contribution in [2.24, 2.45) is 42.3 Å². The molecule has 6 aromatic rings. The molecule has 1 unspecified atom stereocenters. The van der Waals surface area contributed by atoms with Crippen molar-refractivity contribution in [1.29, 1.82) is 0 Å². The summed E-state index contributed by atoms with van der Waals surface area (Å²) in [5, 5.41) is 21.8. The van der Waals surface area contributed by atoms with Crippen LogP contribution < -0.4 is 42.5 Å². The number of hydrogen-bond donors (Lipinski definition) is 8. The average Bonchev–Trinajstić information content (AvgIpc) is 4.28. The molecule has 6 aromatic heterocycles. The maximum Gasteiger partial charge on any atom is 2.00 e. The van der Waals surface area contributed by atoms with Crippen LogP contribution in [0, 0.1) is 63.7 Å². The topological polar surface area (TPSA) is 304 Å². The molecule has 10 radical (unpaired) electrons. The molecule has 0 spiro atoms. The Labute approximate surface area is 474 Å². The summed E-state index contributed by atoms with van der Waals surface area (Å²) in [5.41, 5.74) is 1.56. The van der Waals surface area contributed by atoms with Gasteiger partial charge in [0.05, 0.1) is 23.0 Å². The van der Waals surface area contributed by atoms with Crippen LogP contribution in [0.25, 0.3) is 0 Å². The molecule has 2 saturated carbocycles. The molecule has 8 rings (SSSR count). The Morgan fingerprint density at radius 1 is 0.525 bits per heavy atom. The minimum atomic E-state index is -1.17. The van der Waals surface area contributed by atoms with E-state index in [4.69, 9.17) is 0 Å². The van der Waals surface area contributed by atoms with Gasteiger partial charge in [-0.25, -0.2) is 15.0 Å². The zero-order valence-electron chi connectivity index (χ0n) is 45.2. The predicted molar refractivity (Wildman–Crippen MR) is 293 cm³/mol. The molecular weight excluding hydrogens is 1070 g/mol. The summed E-state index contributed by atoms with van der Waals surface area (Å²) in [7, 11) is 13.7. The van der Waals surface area contributed by atoms with Crippen molar-refractivity contribution in [1.82, 2.24) is 63.2 Å². The molecule has 418 valence electrons. The fourth-order valence-electron chi connectivity index (χ4n) is 8.00. The van der Waals surface area contributed by atoms with Gasteiger partial charge in [-0.2, -0.15) is 0 Å². The van der Waals surface area contributed by atoms with Gasteiger partial charge in [0, 0.05) is 98.8 Å². The SMILES string of the molecule is CN(C)CCCNC(=O)c1cc(NC(=O)c2nc(NC(=O)c3cc(NC(=O)C(CCNC(=O)c4cn(C)c(NC(=O)c5cc(NC(=O)c6nccn6C)cn5C)n4)NC(=O)[C]4[CH][CH][CH][CH]4)cn3C)cn2C)cn1C.[CH]1[CH][CH][CH][CH]1.[Fe+2]. The number of hydrogen-bond acceptors (Lipinski definition) is 12. The van der Waals surface area contributed by atoms with Gasteiger partial charge in [-0.05, 0) is 109 Å². The van der Waals surface area contributed by atoms with E-state index in [-0.39, 0.29) is 82.1 Å². The fraction of sp³-hybridized carbons (Fsp3) is 0.264. The van der Waals surface area contributed by atoms with Crippen LogP contribution in [0.1, 0.15) is 76.0 Å². The first-order chi connectivity index (χ1) is 37.7. The predicted octanol–water partition coefficient (Wildman–Crippen LogP) is 2.26. The van der Waals surface area contributed by atoms with Crippen molar-refractivity contribution < 1.29 is 55.4 Å². The van der Waals surface area contributed by atoms with E-state index in [0.29, 0.717) is 29.5 Å². The Kier molecular flexibility index (Phi) is 21.4. The first kappa shape index (κ1) is 60.9. The number of amides is 8. The summed E-state index contributed by atoms with van der Waals surface area (Å²) in [4.78, 5) is 120. The van der Waals surface area contributed by atoms with Gasteiger partial charge in [-0.15, -0.1) is 0 Å². The Morgan fingerprint density at radius 2 is 1.06 bits per heavy atom. The largest absolute Gasteiger partial charge is 2.00 e. The van der Waals surface area contributed by atoms with E-state index in [2.05, 4.69) is 57.5 Å². The molecule has 6 heterocycles. The van der Waals surface area contributed by atoms with Crippen molar-refractivity contribution >= 4 is 76.1 Å². The second-order valence-electron chi connectivity index (χ2n) is 18.6. The molecule has 0 aromatic carbocycles. The second-order valence-corrected chi connectivity index (χ2v) is 18.6. The molecule has 0 saturated heterocycles. The third-order valence-corrected chi connectivity index (χ3v) is 12.1. The van der Waals surface area contributed by atoms with Crippen LogP contribution in [0.4, 0.5) is 28.8 Å². The summed E-state index contributed by atoms with van der Waals surface area (Å²) in [6, 6.07) is 3.28. The molecule has 2 aliphatic carbocycles. The Balaban J connectivity index is 0.00000163. The molecule has 2 fully saturated rings. The molecule has 2 aliphatic rings. The van der Waals surface area contributed by atoms with Crippen molar-refractivity contribution in [2.45, 2.75) is 18.9 Å². The van der Waals surface area contributed by atoms with E-state index in [0.717, 1.165) is 13.0 Å². The van der Waals surface area contributed by atoms with Gasteiger partial charge in [-0.1, -0.05) is 0 Å². The number of rotatable bonds is 21. The number of aromatic nitrogens is 9. The zero-order valence-corrected chi connectivity index (χ0v) is 46.3. The quantitative estimate of drug-likeness (QED) is 0.0381. The van der Waals surface area contributed by atoms with E-state index < -0.39 is 47.4 Å². The van der Waals surface area contributed by atoms with Gasteiger partial charge in [0.25, 0.3) is 35.4 Å². The smallest absolute Gasteiger partial charge is 0.351 e. The number of aryl methyl sites for hydroxylation is 6. The molecule has 0 aliphatic heterocycles. The van der Waals surface area contributed by atoms with Crippen LogP contribution in [0.15, 0.2) is 61.6 Å². The van der Waals surface area contributed by atoms with E-state index in [9.17, 15) is 38.4 Å². The van der Waals surface area contributed by atoms with Gasteiger partial charge in [0.1, 0.15) is 28.8 Å². The molecular formula is C53H62FeN18O8+2. The molecule has 8 N–H and O–H groups in total. The van der Waals surface area contributed by atoms with Crippen LogP contribution in [-0.4, -0.2) is 134 Å². The zero-order chi connectivity index (χ0) is 56.9. The van der Waals surface area contributed by atoms with Crippen LogP contribution in [0.2, 0.25) is 0 Å². The molecule has 8 amide bonds. The molecule has 80 heavy (non-hydrogen) atoms. The minimum Gasteiger partial charge on any atom is -0.351 e. The normalized spacial score (nSPS) is 13.4. The standard InChI is InChI=1S/C48H57N18O8.C5H5.Fe/c1-60(2)18-11-15-50-43(70)34-20-30(24-62(34)4)54-47(74)39-57-37(27-65(39)7)58-44(71)35-21-29(23-63(35)5)52-42(69)32(55-40(67)28-12-9-10-13-28)14-16-51-41(68)33-26-66(8)48(56-33)59-45(72)36-22-31(25-64(36)6)53-46(73)38-49-17-19-61(38)3;1-2-4-5-3-1;/h9-10,12-13,17,19-27,32H,11,14-16,18H2,1-8H3,(H,50,70)(H,51,68)(H,52,69)(H,53,73)(H,54,74)(H,55,67)(H,58,71)(H,56,59,72);1-5H;/q;;+2. The molecule has 1 atom stereocenters. The van der Waals surface area contributed by atoms with Gasteiger partial charge >= 0.3 is 17.1 Å². The van der Waals surface area contributed by atoms with Crippen molar-refractivity contribution in [2.75, 3.05) is 60.3 Å². The van der Waals surface area contributed by atoms with Crippen LogP contribution >= 0.6 is 0 Å². The molecule has 0 bridgehead atoms. The summed E-state index contributed by atoms with van der Waals surface area (Å²) in [6.07, 6.45) is 27.9. The first-order valence-corrected chi connectivity index (χ1v) is 24.7. The number of nitrogens with zero attached hydrogens (tertiary/aromatic N) is 10. The maximum atomic E-state index is 13.8. The summed E-state index contributed by atoms with van der Waals surface area (Å²) in [6.45, 7) is 1.21. The van der Waals surface area contributed by atoms with E-state index in [1.54, 1.807) is 102 Å². The first-order valence-electron chi connectivity index (χ1n) is 24.7. The summed E-state index contributed by atoms with van der Waals surface area (Å²) in [5.74, 6) is -3.73. The summed E-state index contributed by atoms with van der Waals surface area (Å²) >= 11 is 0. The fourth-order valence-corrected chi connectivity index (χ4v) is 8.00. The number of imidazole rings is 3. The third kappa shape index (κ3) is 16.2. The van der Waals surface area contributed by atoms with E-state index in [1.165, 1.54) is 55.2 Å². The molecule has 27 heteroatoms. The maximum absolute atomic E-state index is 13.8. The van der Waals surface area contributed by atoms with Gasteiger partial charge in [0.2, 0.25) is 23.6 Å². The second kappa shape index (κ2) is 28.0. The van der Waals surface area contributed by atoms with Crippen molar-refractivity contribution in [3.8, 4) is 0 Å². The van der Waals surface area contributed by atoms with Crippen LogP contribution in [-0.2, 0) is 68.9 Å². The van der Waals surface area contributed by atoms with E-state index >= 15 is 0 Å². The summed E-state index contributed by atoms with van der Waals surface area (Å²) < 4.78 is 9.02. The van der Waals surface area contributed by atoms with Crippen molar-refractivity contribution in [3.63, 3.8) is 0 Å². The number of carbonyl (C=O) groups excluding carboxylic acids is 8. The number of anilines is 5. The Hall–Kier alpha value is -8.29. The van der Waals surface area contributed by atoms with Crippen LogP contribution in [0.3, 0.4) is 0 Å². The number of nitrogens with one attached hydrogen (secondary N) is 8. The molecule has 26 nitrogen and oxygen atoms in total. The van der Waals surface area contributed by atoms with Crippen molar-refractivity contribution in [3.05, 3.63) is 160 Å². The monoisotopic (exact) mass is 1130 g/mol. The van der Waals surface area contributed by atoms with Gasteiger partial charge in [-0.3, -0.25) is 43.7 Å². The third-order valence-electron chi connectivity index (χ3n) is 12.1. The van der Waals surface area contributed by atoms with Gasteiger partial charge in [0.15, 0.2) is 11.6 Å². The van der Waals surface area contributed by atoms with Gasteiger partial charge < -0.3 is 69.5 Å². The average molecular weight is 1140 g/mol. The Bertz CT molecular complexity index is 3180. The van der Waals surface area contributed by atoms with E-state index in [1.807, 2.05) is 51.1 Å². The minimum absolute atomic E-state index is 0. The number of carbonyl (C=O) groups is 8.